The Morgan fingerprint density at radius 1 is 1.40 bits per heavy atom. The number of urea groups is 1. The van der Waals surface area contributed by atoms with Crippen molar-refractivity contribution in [3.63, 3.8) is 0 Å². The van der Waals surface area contributed by atoms with Crippen LogP contribution in [0.1, 0.15) is 39.5 Å². The Hall–Kier alpha value is -1.30. The lowest BCUT2D eigenvalue weighted by Gasteiger charge is -2.32. The van der Waals surface area contributed by atoms with Crippen LogP contribution in [0, 0.1) is 0 Å². The van der Waals surface area contributed by atoms with E-state index in [0.29, 0.717) is 19.5 Å². The molecule has 0 aliphatic carbocycles. The van der Waals surface area contributed by atoms with Gasteiger partial charge in [-0.15, -0.1) is 0 Å². The van der Waals surface area contributed by atoms with Crippen molar-refractivity contribution in [3.05, 3.63) is 0 Å². The van der Waals surface area contributed by atoms with Crippen LogP contribution in [0.25, 0.3) is 0 Å². The largest absolute Gasteiger partial charge is 0.481 e. The predicted molar refractivity (Wildman–Crippen MR) is 75.7 cm³/mol. The molecule has 1 rings (SSSR count). The maximum Gasteiger partial charge on any atom is 0.320 e. The van der Waals surface area contributed by atoms with Crippen molar-refractivity contribution in [2.75, 3.05) is 26.7 Å². The molecule has 0 radical (unpaired) electrons. The minimum absolute atomic E-state index is 0.0547. The summed E-state index contributed by atoms with van der Waals surface area (Å²) >= 11 is 0. The van der Waals surface area contributed by atoms with Crippen LogP contribution >= 0.6 is 0 Å². The molecular weight excluding hydrogens is 260 g/mol. The van der Waals surface area contributed by atoms with E-state index in [9.17, 15) is 9.59 Å². The van der Waals surface area contributed by atoms with Gasteiger partial charge in [0.2, 0.25) is 0 Å². The van der Waals surface area contributed by atoms with Crippen LogP contribution < -0.4 is 0 Å². The van der Waals surface area contributed by atoms with Gasteiger partial charge in [-0.05, 0) is 33.1 Å². The van der Waals surface area contributed by atoms with Crippen molar-refractivity contribution in [2.24, 2.45) is 0 Å². The number of ether oxygens (including phenoxy) is 1. The summed E-state index contributed by atoms with van der Waals surface area (Å²) in [5.41, 5.74) is 0. The normalized spacial score (nSPS) is 18.3. The van der Waals surface area contributed by atoms with Gasteiger partial charge in [0.25, 0.3) is 0 Å². The Balaban J connectivity index is 2.46. The lowest BCUT2D eigenvalue weighted by molar-refractivity contribution is -0.137. The highest BCUT2D eigenvalue weighted by Crippen LogP contribution is 2.14. The predicted octanol–water partition coefficient (Wildman–Crippen LogP) is 1.79. The number of carboxylic acids is 1. The minimum atomic E-state index is -0.825. The van der Waals surface area contributed by atoms with Crippen LogP contribution in [0.4, 0.5) is 4.79 Å². The number of carbonyl (C=O) groups excluding carboxylic acids is 1. The molecule has 6 heteroatoms. The molecule has 1 fully saturated rings. The second-order valence-electron chi connectivity index (χ2n) is 5.58. The van der Waals surface area contributed by atoms with Gasteiger partial charge in [0.05, 0.1) is 6.10 Å². The van der Waals surface area contributed by atoms with E-state index in [-0.39, 0.29) is 24.6 Å². The van der Waals surface area contributed by atoms with Crippen molar-refractivity contribution in [3.8, 4) is 0 Å². The Morgan fingerprint density at radius 3 is 2.60 bits per heavy atom. The Morgan fingerprint density at radius 2 is 2.10 bits per heavy atom. The molecule has 6 nitrogen and oxygen atoms in total. The molecule has 0 aromatic heterocycles. The molecule has 1 heterocycles. The lowest BCUT2D eigenvalue weighted by atomic mass is 10.2. The molecular formula is C14H26N2O4. The van der Waals surface area contributed by atoms with E-state index >= 15 is 0 Å². The topological polar surface area (TPSA) is 70.1 Å². The molecule has 0 aromatic rings. The molecule has 0 aromatic carbocycles. The molecule has 1 aliphatic heterocycles. The van der Waals surface area contributed by atoms with Crippen molar-refractivity contribution in [2.45, 2.75) is 51.7 Å². The van der Waals surface area contributed by atoms with Gasteiger partial charge in [-0.3, -0.25) is 4.79 Å². The third kappa shape index (κ3) is 5.36. The van der Waals surface area contributed by atoms with Gasteiger partial charge in [0.1, 0.15) is 0 Å². The summed E-state index contributed by atoms with van der Waals surface area (Å²) in [6.07, 6.45) is 2.76. The van der Waals surface area contributed by atoms with Crippen molar-refractivity contribution >= 4 is 12.0 Å². The fourth-order valence-corrected chi connectivity index (χ4v) is 2.37. The quantitative estimate of drug-likeness (QED) is 0.774. The standard InChI is InChI=1S/C14H26N2O4/c1-11(2)16(8-4-7-13(17)18)14(19)15(3)10-12-6-5-9-20-12/h11-12H,4-10H2,1-3H3,(H,17,18). The maximum atomic E-state index is 12.4. The zero-order valence-electron chi connectivity index (χ0n) is 12.7. The third-order valence-electron chi connectivity index (χ3n) is 3.49. The van der Waals surface area contributed by atoms with Crippen LogP contribution in [-0.4, -0.2) is 65.8 Å². The number of rotatable bonds is 7. The molecule has 2 amide bonds. The first-order valence-electron chi connectivity index (χ1n) is 7.27. The Labute approximate surface area is 120 Å². The number of aliphatic carboxylic acids is 1. The average Bonchev–Trinajstić information content (AvgIpc) is 2.85. The smallest absolute Gasteiger partial charge is 0.320 e. The number of carboxylic acid groups (broad SMARTS) is 1. The number of amides is 2. The Kier molecular flexibility index (Phi) is 6.78. The molecule has 20 heavy (non-hydrogen) atoms. The number of likely N-dealkylation sites (N-methyl/N-ethyl adjacent to an activating group) is 1. The SMILES string of the molecule is CC(C)N(CCCC(=O)O)C(=O)N(C)CC1CCCO1. The molecule has 1 atom stereocenters. The summed E-state index contributed by atoms with van der Waals surface area (Å²) < 4.78 is 5.54. The highest BCUT2D eigenvalue weighted by atomic mass is 16.5. The maximum absolute atomic E-state index is 12.4. The van der Waals surface area contributed by atoms with Crippen LogP contribution in [0.3, 0.4) is 0 Å². The van der Waals surface area contributed by atoms with Crippen LogP contribution in [0.5, 0.6) is 0 Å². The highest BCUT2D eigenvalue weighted by Gasteiger charge is 2.24. The second-order valence-corrected chi connectivity index (χ2v) is 5.58. The van der Waals surface area contributed by atoms with Crippen LogP contribution in [-0.2, 0) is 9.53 Å². The van der Waals surface area contributed by atoms with Gasteiger partial charge in [-0.25, -0.2) is 4.79 Å². The fourth-order valence-electron chi connectivity index (χ4n) is 2.37. The van der Waals surface area contributed by atoms with Gasteiger partial charge in [0.15, 0.2) is 0 Å². The molecule has 0 saturated carbocycles. The average molecular weight is 286 g/mol. The van der Waals surface area contributed by atoms with Gasteiger partial charge in [-0.1, -0.05) is 0 Å². The molecule has 116 valence electrons. The van der Waals surface area contributed by atoms with Crippen LogP contribution in [0.2, 0.25) is 0 Å². The number of hydrogen-bond donors (Lipinski definition) is 1. The van der Waals surface area contributed by atoms with E-state index in [1.54, 1.807) is 16.8 Å². The summed E-state index contributed by atoms with van der Waals surface area (Å²) in [6, 6.07) is 0.00382. The summed E-state index contributed by atoms with van der Waals surface area (Å²) in [5.74, 6) is -0.825. The van der Waals surface area contributed by atoms with Gasteiger partial charge in [-0.2, -0.15) is 0 Å². The summed E-state index contributed by atoms with van der Waals surface area (Å²) in [5, 5.41) is 8.67. The zero-order chi connectivity index (χ0) is 15.1. The first kappa shape index (κ1) is 16.8. The summed E-state index contributed by atoms with van der Waals surface area (Å²) in [4.78, 5) is 26.3. The van der Waals surface area contributed by atoms with Crippen LogP contribution in [0.15, 0.2) is 0 Å². The summed E-state index contributed by atoms with van der Waals surface area (Å²) in [6.45, 7) is 5.73. The molecule has 0 spiro atoms. The van der Waals surface area contributed by atoms with Crippen molar-refractivity contribution in [1.29, 1.82) is 0 Å². The van der Waals surface area contributed by atoms with E-state index in [2.05, 4.69) is 0 Å². The number of carbonyl (C=O) groups is 2. The van der Waals surface area contributed by atoms with E-state index in [1.807, 2.05) is 13.8 Å². The van der Waals surface area contributed by atoms with Gasteiger partial charge < -0.3 is 19.6 Å². The van der Waals surface area contributed by atoms with E-state index in [4.69, 9.17) is 9.84 Å². The first-order valence-corrected chi connectivity index (χ1v) is 7.27. The second kappa shape index (κ2) is 8.09. The fraction of sp³-hybridized carbons (Fsp3) is 0.857. The first-order chi connectivity index (χ1) is 9.41. The van der Waals surface area contributed by atoms with Gasteiger partial charge in [0, 0.05) is 39.2 Å². The number of hydrogen-bond acceptors (Lipinski definition) is 3. The van der Waals surface area contributed by atoms with Gasteiger partial charge >= 0.3 is 12.0 Å². The van der Waals surface area contributed by atoms with E-state index in [0.717, 1.165) is 19.4 Å². The molecule has 1 unspecified atom stereocenters. The summed E-state index contributed by atoms with van der Waals surface area (Å²) in [7, 11) is 1.77. The van der Waals surface area contributed by atoms with Crippen molar-refractivity contribution < 1.29 is 19.4 Å². The molecule has 1 N–H and O–H groups in total. The molecule has 0 bridgehead atoms. The highest BCUT2D eigenvalue weighted by molar-refractivity contribution is 5.74. The van der Waals surface area contributed by atoms with E-state index < -0.39 is 5.97 Å². The minimum Gasteiger partial charge on any atom is -0.481 e. The number of nitrogens with zero attached hydrogens (tertiary/aromatic N) is 2. The third-order valence-corrected chi connectivity index (χ3v) is 3.49. The van der Waals surface area contributed by atoms with Crippen molar-refractivity contribution in [1.82, 2.24) is 9.80 Å². The lowest BCUT2D eigenvalue weighted by Crippen LogP contribution is -2.47. The molecule has 1 aliphatic rings. The van der Waals surface area contributed by atoms with E-state index in [1.165, 1.54) is 0 Å². The molecule has 1 saturated heterocycles. The zero-order valence-corrected chi connectivity index (χ0v) is 12.7. The monoisotopic (exact) mass is 286 g/mol. The Bertz CT molecular complexity index is 327.